The number of rotatable bonds is 4. The normalized spacial score (nSPS) is 16.3. The van der Waals surface area contributed by atoms with Crippen molar-refractivity contribution in [2.24, 2.45) is 3.68 Å². The van der Waals surface area contributed by atoms with E-state index in [4.69, 9.17) is 3.68 Å². The van der Waals surface area contributed by atoms with Gasteiger partial charge in [0.15, 0.2) is 0 Å². The van der Waals surface area contributed by atoms with Gasteiger partial charge in [0.1, 0.15) is 0 Å². The van der Waals surface area contributed by atoms with Crippen LogP contribution in [-0.4, -0.2) is 0 Å². The van der Waals surface area contributed by atoms with E-state index < -0.39 is 19.1 Å². The Morgan fingerprint density at radius 3 is 1.00 bits per heavy atom. The molecule has 1 nitrogen and oxygen atoms in total. The van der Waals surface area contributed by atoms with Crippen molar-refractivity contribution in [2.45, 2.75) is 44.2 Å². The zero-order chi connectivity index (χ0) is 8.28. The van der Waals surface area contributed by atoms with Crippen LogP contribution in [0.1, 0.15) is 27.7 Å². The van der Waals surface area contributed by atoms with Crippen LogP contribution >= 0.6 is 0 Å². The molecule has 0 aromatic heterocycles. The molecule has 0 atom stereocenters. The van der Waals surface area contributed by atoms with Crippen LogP contribution in [0.2, 0.25) is 16.5 Å². The summed E-state index contributed by atoms with van der Waals surface area (Å²) in [6.07, 6.45) is 0. The minimum absolute atomic E-state index is 1.30. The van der Waals surface area contributed by atoms with Crippen LogP contribution in [0, 0.1) is 0 Å². The molecule has 0 aromatic rings. The van der Waals surface area contributed by atoms with E-state index in [0.29, 0.717) is 0 Å². The second kappa shape index (κ2) is 3.49. The van der Waals surface area contributed by atoms with Gasteiger partial charge in [-0.3, -0.25) is 0 Å². The summed E-state index contributed by atoms with van der Waals surface area (Å²) in [6.45, 7) is 9.12. The molecule has 0 amide bonds. The van der Waals surface area contributed by atoms with Gasteiger partial charge >= 0.3 is 67.0 Å². The van der Waals surface area contributed by atoms with Gasteiger partial charge in [-0.2, -0.15) is 0 Å². The fraction of sp³-hybridized carbons (Fsp3) is 1.00. The molecule has 0 saturated carbocycles. The van der Waals surface area contributed by atoms with Crippen LogP contribution in [0.15, 0.2) is 0 Å². The molecular formula is C8H22NZr. The fourth-order valence-corrected chi connectivity index (χ4v) is 8.87. The Morgan fingerprint density at radius 1 is 0.800 bits per heavy atom. The van der Waals surface area contributed by atoms with E-state index >= 15 is 0 Å². The molecule has 0 rings (SSSR count). The van der Waals surface area contributed by atoms with E-state index in [1.807, 2.05) is 0 Å². The number of nitrogens with two attached hydrogens (primary N) is 1. The van der Waals surface area contributed by atoms with Gasteiger partial charge in [-0.15, -0.1) is 0 Å². The predicted octanol–water partition coefficient (Wildman–Crippen LogP) is 3.30. The maximum absolute atomic E-state index is 6.53. The molecule has 2 N–H and O–H groups in total. The van der Waals surface area contributed by atoms with Crippen LogP contribution < -0.4 is 3.68 Å². The summed E-state index contributed by atoms with van der Waals surface area (Å²) in [4.78, 5) is 0. The monoisotopic (exact) mass is 222 g/mol. The van der Waals surface area contributed by atoms with Gasteiger partial charge < -0.3 is 0 Å². The molecule has 2 heteroatoms. The third-order valence-corrected chi connectivity index (χ3v) is 22.6. The van der Waals surface area contributed by atoms with Gasteiger partial charge in [-0.25, -0.2) is 0 Å². The van der Waals surface area contributed by atoms with Crippen LogP contribution in [0.5, 0.6) is 0 Å². The van der Waals surface area contributed by atoms with Gasteiger partial charge in [0.2, 0.25) is 0 Å². The number of hydrogen-bond acceptors (Lipinski definition) is 1. The van der Waals surface area contributed by atoms with E-state index in [2.05, 4.69) is 27.7 Å². The van der Waals surface area contributed by atoms with Gasteiger partial charge in [0, 0.05) is 0 Å². The summed E-state index contributed by atoms with van der Waals surface area (Å²) in [6, 6.07) is 0. The summed E-state index contributed by atoms with van der Waals surface area (Å²) < 4.78 is 11.7. The van der Waals surface area contributed by atoms with Crippen molar-refractivity contribution in [3.8, 4) is 0 Å². The number of hydrogen-bond donors (Lipinski definition) is 1. The molecule has 0 bridgehead atoms. The van der Waals surface area contributed by atoms with Gasteiger partial charge in [-0.05, 0) is 0 Å². The van der Waals surface area contributed by atoms with E-state index in [9.17, 15) is 0 Å². The molecule has 0 aliphatic rings. The van der Waals surface area contributed by atoms with Crippen molar-refractivity contribution in [1.82, 2.24) is 0 Å². The van der Waals surface area contributed by atoms with Crippen molar-refractivity contribution >= 4 is 0 Å². The summed E-state index contributed by atoms with van der Waals surface area (Å²) in [5, 5.41) is 0. The first-order valence-electron chi connectivity index (χ1n) is 4.53. The van der Waals surface area contributed by atoms with E-state index in [0.717, 1.165) is 0 Å². The minimum atomic E-state index is -2.51. The zero-order valence-corrected chi connectivity index (χ0v) is 10.4. The van der Waals surface area contributed by atoms with E-state index in [1.54, 1.807) is 0 Å². The van der Waals surface area contributed by atoms with Crippen LogP contribution in [0.4, 0.5) is 0 Å². The Hall–Kier alpha value is 0.843. The third kappa shape index (κ3) is 1.92. The van der Waals surface area contributed by atoms with Crippen molar-refractivity contribution < 1.29 is 19.1 Å². The van der Waals surface area contributed by atoms with Gasteiger partial charge in [-0.1, -0.05) is 0 Å². The van der Waals surface area contributed by atoms with Crippen LogP contribution in [0.3, 0.4) is 0 Å². The topological polar surface area (TPSA) is 26.0 Å². The van der Waals surface area contributed by atoms with E-state index in [1.165, 1.54) is 16.5 Å². The van der Waals surface area contributed by atoms with Crippen molar-refractivity contribution in [1.29, 1.82) is 0 Å². The quantitative estimate of drug-likeness (QED) is 0.777. The molecule has 10 heavy (non-hydrogen) atoms. The molecule has 0 spiro atoms. The summed E-state index contributed by atoms with van der Waals surface area (Å²) in [5.41, 5.74) is 0. The molecule has 0 heterocycles. The maximum atomic E-state index is 6.53. The Labute approximate surface area is 66.9 Å². The first kappa shape index (κ1) is 10.8. The SMILES string of the molecule is C[CH2][Zr]([NH2])([CH2]C)([CH2]C)[CH2]C. The molecule has 0 aromatic carbocycles. The zero-order valence-electron chi connectivity index (χ0n) is 7.91. The molecule has 0 aliphatic heterocycles. The molecular weight excluding hydrogens is 201 g/mol. The second-order valence-corrected chi connectivity index (χ2v) is 22.1. The standard InChI is InChI=1S/4C2H5.H2N.Zr/c4*1-2;;/h4*1H2,2H3;1H2;/q;;;;-1;+1. The fourth-order valence-electron chi connectivity index (χ4n) is 1.50. The third-order valence-electron chi connectivity index (χ3n) is 3.82. The Morgan fingerprint density at radius 2 is 1.00 bits per heavy atom. The van der Waals surface area contributed by atoms with Gasteiger partial charge in [0.05, 0.1) is 0 Å². The molecule has 0 radical (unpaired) electrons. The average molecular weight is 223 g/mol. The van der Waals surface area contributed by atoms with Crippen LogP contribution in [-0.2, 0) is 19.1 Å². The molecule has 63 valence electrons. The Balaban J connectivity index is 4.42. The molecule has 0 aliphatic carbocycles. The van der Waals surface area contributed by atoms with E-state index in [-0.39, 0.29) is 0 Å². The molecule has 0 saturated heterocycles. The Kier molecular flexibility index (Phi) is 3.79. The first-order valence-corrected chi connectivity index (χ1v) is 12.9. The molecule has 0 unspecified atom stereocenters. The molecule has 0 fully saturated rings. The summed E-state index contributed by atoms with van der Waals surface area (Å²) in [7, 11) is 0. The van der Waals surface area contributed by atoms with Crippen LogP contribution in [0.25, 0.3) is 0 Å². The van der Waals surface area contributed by atoms with Gasteiger partial charge in [0.25, 0.3) is 0 Å². The second-order valence-electron chi connectivity index (χ2n) is 3.73. The predicted molar refractivity (Wildman–Crippen MR) is 46.1 cm³/mol. The van der Waals surface area contributed by atoms with Crippen molar-refractivity contribution in [3.05, 3.63) is 0 Å². The Bertz CT molecular complexity index is 84.3. The average Bonchev–Trinajstić information content (AvgIpc) is 2.04. The van der Waals surface area contributed by atoms with Crippen molar-refractivity contribution in [3.63, 3.8) is 0 Å². The summed E-state index contributed by atoms with van der Waals surface area (Å²) >= 11 is -2.51. The first-order chi connectivity index (χ1) is 4.54. The summed E-state index contributed by atoms with van der Waals surface area (Å²) in [5.74, 6) is 0. The van der Waals surface area contributed by atoms with Crippen molar-refractivity contribution in [2.75, 3.05) is 0 Å².